The first-order valence-electron chi connectivity index (χ1n) is 4.27. The van der Waals surface area contributed by atoms with Gasteiger partial charge in [-0.3, -0.25) is 5.32 Å². The molecule has 0 radical (unpaired) electrons. The van der Waals surface area contributed by atoms with E-state index in [-0.39, 0.29) is 11.6 Å². The van der Waals surface area contributed by atoms with Crippen molar-refractivity contribution in [3.8, 4) is 0 Å². The number of carbonyl (C=O) groups is 1. The first kappa shape index (κ1) is 10.5. The number of aryl methyl sites for hydroxylation is 1. The average Bonchev–Trinajstić information content (AvgIpc) is 2.32. The second-order valence-corrected chi connectivity index (χ2v) is 4.03. The van der Waals surface area contributed by atoms with Crippen molar-refractivity contribution in [2.24, 2.45) is 0 Å². The molecule has 0 saturated carbocycles. The maximum absolute atomic E-state index is 11.3. The van der Waals surface area contributed by atoms with Crippen LogP contribution >= 0.6 is 0 Å². The molecule has 0 bridgehead atoms. The number of aromatic nitrogens is 2. The Hall–Kier alpha value is -1.59. The third-order valence-corrected chi connectivity index (χ3v) is 1.37. The molecule has 0 atom stereocenters. The number of amides is 2. The Morgan fingerprint density at radius 2 is 2.00 bits per heavy atom. The van der Waals surface area contributed by atoms with Crippen LogP contribution in [-0.4, -0.2) is 21.9 Å². The van der Waals surface area contributed by atoms with Crippen LogP contribution in [0.25, 0.3) is 0 Å². The van der Waals surface area contributed by atoms with Gasteiger partial charge in [0.1, 0.15) is 5.69 Å². The summed E-state index contributed by atoms with van der Waals surface area (Å²) in [6.45, 7) is 7.37. The van der Waals surface area contributed by atoms with Gasteiger partial charge in [-0.15, -0.1) is 0 Å². The van der Waals surface area contributed by atoms with Gasteiger partial charge in [-0.05, 0) is 32.9 Å². The van der Waals surface area contributed by atoms with E-state index in [2.05, 4.69) is 25.6 Å². The minimum Gasteiger partial charge on any atom is -0.333 e. The minimum atomic E-state index is -0.323. The second kappa shape index (κ2) is 3.65. The summed E-state index contributed by atoms with van der Waals surface area (Å²) in [7, 11) is 0. The van der Waals surface area contributed by atoms with Gasteiger partial charge in [0, 0.05) is 5.54 Å². The van der Waals surface area contributed by atoms with Crippen LogP contribution in [0.4, 0.5) is 10.6 Å². The minimum absolute atomic E-state index is 0.283. The molecule has 1 aromatic rings. The van der Waals surface area contributed by atoms with Gasteiger partial charge in [0.05, 0.1) is 0 Å². The lowest BCUT2D eigenvalue weighted by atomic mass is 10.1. The summed E-state index contributed by atoms with van der Waals surface area (Å²) in [5, 5.41) is 12.3. The molecule has 6 heteroatoms. The highest BCUT2D eigenvalue weighted by molar-refractivity contribution is 5.88. The number of anilines is 1. The molecule has 0 aliphatic heterocycles. The van der Waals surface area contributed by atoms with Crippen molar-refractivity contribution >= 4 is 11.8 Å². The van der Waals surface area contributed by atoms with Crippen molar-refractivity contribution in [1.82, 2.24) is 15.6 Å². The van der Waals surface area contributed by atoms with Crippen molar-refractivity contribution < 1.29 is 9.42 Å². The van der Waals surface area contributed by atoms with Crippen LogP contribution < -0.4 is 10.6 Å². The van der Waals surface area contributed by atoms with Crippen LogP contribution in [0.5, 0.6) is 0 Å². The SMILES string of the molecule is Cc1nonc1NC(=O)NC(C)(C)C. The fraction of sp³-hybridized carbons (Fsp3) is 0.625. The smallest absolute Gasteiger partial charge is 0.320 e. The average molecular weight is 198 g/mol. The zero-order valence-electron chi connectivity index (χ0n) is 8.71. The van der Waals surface area contributed by atoms with Crippen LogP contribution in [0.1, 0.15) is 26.5 Å². The van der Waals surface area contributed by atoms with E-state index in [9.17, 15) is 4.79 Å². The van der Waals surface area contributed by atoms with E-state index >= 15 is 0 Å². The third kappa shape index (κ3) is 3.04. The summed E-state index contributed by atoms with van der Waals surface area (Å²) in [6, 6.07) is -0.323. The number of urea groups is 1. The van der Waals surface area contributed by atoms with Crippen molar-refractivity contribution in [3.05, 3.63) is 5.69 Å². The third-order valence-electron chi connectivity index (χ3n) is 1.37. The van der Waals surface area contributed by atoms with Gasteiger partial charge >= 0.3 is 6.03 Å². The van der Waals surface area contributed by atoms with Crippen molar-refractivity contribution in [3.63, 3.8) is 0 Å². The van der Waals surface area contributed by atoms with Crippen molar-refractivity contribution in [2.75, 3.05) is 5.32 Å². The molecule has 0 aliphatic rings. The molecule has 14 heavy (non-hydrogen) atoms. The molecule has 0 saturated heterocycles. The van der Waals surface area contributed by atoms with Gasteiger partial charge in [-0.25, -0.2) is 9.42 Å². The Morgan fingerprint density at radius 3 is 2.43 bits per heavy atom. The molecule has 2 N–H and O–H groups in total. The molecule has 2 amide bonds. The zero-order chi connectivity index (χ0) is 10.8. The molecule has 1 aromatic heterocycles. The van der Waals surface area contributed by atoms with E-state index in [0.717, 1.165) is 0 Å². The normalized spacial score (nSPS) is 11.1. The van der Waals surface area contributed by atoms with Crippen LogP contribution in [0.2, 0.25) is 0 Å². The van der Waals surface area contributed by atoms with E-state index in [1.54, 1.807) is 6.92 Å². The molecule has 0 spiro atoms. The molecule has 0 unspecified atom stereocenters. The predicted octanol–water partition coefficient (Wildman–Crippen LogP) is 1.30. The Kier molecular flexibility index (Phi) is 2.73. The molecular weight excluding hydrogens is 184 g/mol. The lowest BCUT2D eigenvalue weighted by Crippen LogP contribution is -2.43. The van der Waals surface area contributed by atoms with Crippen LogP contribution in [0, 0.1) is 6.92 Å². The molecule has 1 heterocycles. The quantitative estimate of drug-likeness (QED) is 0.712. The first-order chi connectivity index (χ1) is 6.38. The van der Waals surface area contributed by atoms with E-state index in [1.807, 2.05) is 20.8 Å². The van der Waals surface area contributed by atoms with Crippen LogP contribution in [-0.2, 0) is 0 Å². The number of nitrogens with zero attached hydrogens (tertiary/aromatic N) is 2. The Bertz CT molecular complexity index is 326. The summed E-state index contributed by atoms with van der Waals surface area (Å²) < 4.78 is 4.43. The number of carbonyl (C=O) groups excluding carboxylic acids is 1. The van der Waals surface area contributed by atoms with E-state index in [4.69, 9.17) is 0 Å². The highest BCUT2D eigenvalue weighted by atomic mass is 16.6. The Labute approximate surface area is 82.0 Å². The van der Waals surface area contributed by atoms with Crippen LogP contribution in [0.15, 0.2) is 4.63 Å². The maximum atomic E-state index is 11.3. The molecule has 0 aliphatic carbocycles. The highest BCUT2D eigenvalue weighted by Crippen LogP contribution is 2.07. The standard InChI is InChI=1S/C8H14N4O2/c1-5-6(12-14-11-5)9-7(13)10-8(2,3)4/h1-4H3,(H2,9,10,12,13). The first-order valence-corrected chi connectivity index (χ1v) is 4.27. The second-order valence-electron chi connectivity index (χ2n) is 4.03. The van der Waals surface area contributed by atoms with Crippen molar-refractivity contribution in [2.45, 2.75) is 33.2 Å². The van der Waals surface area contributed by atoms with E-state index in [0.29, 0.717) is 11.5 Å². The largest absolute Gasteiger partial charge is 0.333 e. The summed E-state index contributed by atoms with van der Waals surface area (Å²) >= 11 is 0. The van der Waals surface area contributed by atoms with E-state index < -0.39 is 0 Å². The number of hydrogen-bond donors (Lipinski definition) is 2. The number of rotatable bonds is 1. The Morgan fingerprint density at radius 1 is 1.36 bits per heavy atom. The fourth-order valence-electron chi connectivity index (χ4n) is 0.824. The molecule has 78 valence electrons. The maximum Gasteiger partial charge on any atom is 0.320 e. The molecule has 6 nitrogen and oxygen atoms in total. The number of hydrogen-bond acceptors (Lipinski definition) is 4. The van der Waals surface area contributed by atoms with E-state index in [1.165, 1.54) is 0 Å². The summed E-state index contributed by atoms with van der Waals surface area (Å²) in [5.41, 5.74) is 0.267. The highest BCUT2D eigenvalue weighted by Gasteiger charge is 2.15. The topological polar surface area (TPSA) is 80.1 Å². The zero-order valence-corrected chi connectivity index (χ0v) is 8.71. The summed E-state index contributed by atoms with van der Waals surface area (Å²) in [4.78, 5) is 11.3. The fourth-order valence-corrected chi connectivity index (χ4v) is 0.824. The lowest BCUT2D eigenvalue weighted by molar-refractivity contribution is 0.243. The van der Waals surface area contributed by atoms with Gasteiger partial charge < -0.3 is 5.32 Å². The molecule has 1 rings (SSSR count). The summed E-state index contributed by atoms with van der Waals surface area (Å²) in [6.07, 6.45) is 0. The molecule has 0 aromatic carbocycles. The van der Waals surface area contributed by atoms with Gasteiger partial charge in [0.25, 0.3) is 0 Å². The van der Waals surface area contributed by atoms with Gasteiger partial charge in [-0.2, -0.15) is 0 Å². The van der Waals surface area contributed by atoms with Crippen molar-refractivity contribution in [1.29, 1.82) is 0 Å². The van der Waals surface area contributed by atoms with Gasteiger partial charge in [0.15, 0.2) is 0 Å². The monoisotopic (exact) mass is 198 g/mol. The van der Waals surface area contributed by atoms with Crippen LogP contribution in [0.3, 0.4) is 0 Å². The Balaban J connectivity index is 2.54. The lowest BCUT2D eigenvalue weighted by Gasteiger charge is -2.20. The summed E-state index contributed by atoms with van der Waals surface area (Å²) in [5.74, 6) is 0.340. The van der Waals surface area contributed by atoms with Gasteiger partial charge in [-0.1, -0.05) is 5.16 Å². The number of nitrogens with one attached hydrogen (secondary N) is 2. The molecular formula is C8H14N4O2. The predicted molar refractivity (Wildman–Crippen MR) is 50.9 cm³/mol. The molecule has 0 fully saturated rings. The van der Waals surface area contributed by atoms with Gasteiger partial charge in [0.2, 0.25) is 5.82 Å².